The van der Waals surface area contributed by atoms with Crippen molar-refractivity contribution >= 4 is 23.6 Å². The van der Waals surface area contributed by atoms with Crippen molar-refractivity contribution in [3.63, 3.8) is 0 Å². The molecular formula is C23H23N3O3S. The van der Waals surface area contributed by atoms with Crippen molar-refractivity contribution < 1.29 is 14.3 Å². The first-order valence-electron chi connectivity index (χ1n) is 9.77. The highest BCUT2D eigenvalue weighted by molar-refractivity contribution is 8.00. The molecule has 0 bridgehead atoms. The largest absolute Gasteiger partial charge is 0.468 e. The van der Waals surface area contributed by atoms with Gasteiger partial charge in [-0.2, -0.15) is 5.10 Å². The van der Waals surface area contributed by atoms with Crippen molar-refractivity contribution in [2.45, 2.75) is 12.2 Å². The van der Waals surface area contributed by atoms with Crippen LogP contribution in [0.1, 0.15) is 15.9 Å². The van der Waals surface area contributed by atoms with Gasteiger partial charge in [0.1, 0.15) is 10.9 Å². The zero-order chi connectivity index (χ0) is 21.1. The van der Waals surface area contributed by atoms with E-state index < -0.39 is 0 Å². The number of methoxy groups -OCH3 is 1. The van der Waals surface area contributed by atoms with Gasteiger partial charge < -0.3 is 9.64 Å². The molecule has 1 amide bonds. The number of rotatable bonds is 4. The predicted molar refractivity (Wildman–Crippen MR) is 118 cm³/mol. The minimum Gasteiger partial charge on any atom is -0.468 e. The van der Waals surface area contributed by atoms with Gasteiger partial charge in [0, 0.05) is 30.6 Å². The van der Waals surface area contributed by atoms with E-state index in [0.717, 1.165) is 16.8 Å². The molecule has 0 spiro atoms. The van der Waals surface area contributed by atoms with Gasteiger partial charge in [0.05, 0.1) is 18.4 Å². The standard InChI is InChI=1S/C23H23N3O3S/c1-16-7-6-8-17(13-16)21-19(14-26(24-21)18-9-4-3-5-10-18)22(27)25-11-12-30-20(15-25)23(28)29-2/h3-10,13-14,20H,11-12,15H2,1-2H3/t20-/m0/s1. The lowest BCUT2D eigenvalue weighted by Crippen LogP contribution is -2.45. The highest BCUT2D eigenvalue weighted by atomic mass is 32.2. The number of ether oxygens (including phenoxy) is 1. The van der Waals surface area contributed by atoms with Crippen LogP contribution in [-0.4, -0.2) is 57.8 Å². The minimum atomic E-state index is -0.362. The molecule has 0 radical (unpaired) electrons. The highest BCUT2D eigenvalue weighted by Gasteiger charge is 2.32. The second-order valence-electron chi connectivity index (χ2n) is 7.17. The molecule has 154 valence electrons. The van der Waals surface area contributed by atoms with Gasteiger partial charge in [-0.15, -0.1) is 11.8 Å². The highest BCUT2D eigenvalue weighted by Crippen LogP contribution is 2.28. The van der Waals surface area contributed by atoms with Crippen molar-refractivity contribution in [1.29, 1.82) is 0 Å². The molecule has 1 fully saturated rings. The molecule has 0 aliphatic carbocycles. The van der Waals surface area contributed by atoms with Crippen molar-refractivity contribution in [1.82, 2.24) is 14.7 Å². The zero-order valence-electron chi connectivity index (χ0n) is 16.9. The Balaban J connectivity index is 1.73. The smallest absolute Gasteiger partial charge is 0.320 e. The Hall–Kier alpha value is -3.06. The maximum atomic E-state index is 13.5. The molecule has 30 heavy (non-hydrogen) atoms. The van der Waals surface area contributed by atoms with Crippen LogP contribution < -0.4 is 0 Å². The summed E-state index contributed by atoms with van der Waals surface area (Å²) in [6, 6.07) is 17.7. The van der Waals surface area contributed by atoms with Crippen molar-refractivity contribution in [2.24, 2.45) is 0 Å². The zero-order valence-corrected chi connectivity index (χ0v) is 17.8. The number of carbonyl (C=O) groups is 2. The summed E-state index contributed by atoms with van der Waals surface area (Å²) in [5, 5.41) is 4.39. The van der Waals surface area contributed by atoms with Gasteiger partial charge in [-0.3, -0.25) is 9.59 Å². The number of thioether (sulfide) groups is 1. The minimum absolute atomic E-state index is 0.122. The summed E-state index contributed by atoms with van der Waals surface area (Å²) in [4.78, 5) is 27.2. The number of esters is 1. The van der Waals surface area contributed by atoms with Crippen LogP contribution in [0.5, 0.6) is 0 Å². The van der Waals surface area contributed by atoms with E-state index in [1.54, 1.807) is 15.8 Å². The molecule has 0 N–H and O–H groups in total. The molecule has 1 saturated heterocycles. The number of para-hydroxylation sites is 1. The number of nitrogens with zero attached hydrogens (tertiary/aromatic N) is 3. The first-order valence-corrected chi connectivity index (χ1v) is 10.8. The van der Waals surface area contributed by atoms with E-state index in [1.165, 1.54) is 18.9 Å². The second kappa shape index (κ2) is 8.75. The van der Waals surface area contributed by atoms with Gasteiger partial charge in [0.15, 0.2) is 0 Å². The predicted octanol–water partition coefficient (Wildman–Crippen LogP) is 3.58. The van der Waals surface area contributed by atoms with Crippen LogP contribution in [0.15, 0.2) is 60.8 Å². The average Bonchev–Trinajstić information content (AvgIpc) is 3.24. The number of amides is 1. The third-order valence-corrected chi connectivity index (χ3v) is 6.24. The van der Waals surface area contributed by atoms with Crippen molar-refractivity contribution in [3.8, 4) is 16.9 Å². The average molecular weight is 422 g/mol. The molecule has 7 heteroatoms. The molecule has 0 saturated carbocycles. The third-order valence-electron chi connectivity index (χ3n) is 5.07. The fourth-order valence-electron chi connectivity index (χ4n) is 3.53. The van der Waals surface area contributed by atoms with E-state index >= 15 is 0 Å². The maximum Gasteiger partial charge on any atom is 0.320 e. The molecule has 2 aromatic carbocycles. The molecular weight excluding hydrogens is 398 g/mol. The van der Waals surface area contributed by atoms with Crippen LogP contribution in [0, 0.1) is 6.92 Å². The normalized spacial score (nSPS) is 16.3. The quantitative estimate of drug-likeness (QED) is 0.603. The van der Waals surface area contributed by atoms with Crippen LogP contribution in [-0.2, 0) is 9.53 Å². The van der Waals surface area contributed by atoms with E-state index in [2.05, 4.69) is 0 Å². The molecule has 4 rings (SSSR count). The SMILES string of the molecule is COC(=O)[C@@H]1CN(C(=O)c2cn(-c3ccccc3)nc2-c2cccc(C)c2)CCS1. The van der Waals surface area contributed by atoms with Gasteiger partial charge in [0.25, 0.3) is 5.91 Å². The van der Waals surface area contributed by atoms with Gasteiger partial charge in [-0.25, -0.2) is 4.68 Å². The number of aryl methyl sites for hydroxylation is 1. The summed E-state index contributed by atoms with van der Waals surface area (Å²) in [7, 11) is 1.38. The maximum absolute atomic E-state index is 13.5. The third kappa shape index (κ3) is 4.11. The Labute approximate surface area is 179 Å². The molecule has 1 atom stereocenters. The molecule has 3 aromatic rings. The van der Waals surface area contributed by atoms with Gasteiger partial charge in [-0.05, 0) is 25.1 Å². The topological polar surface area (TPSA) is 64.4 Å². The molecule has 1 aromatic heterocycles. The summed E-state index contributed by atoms with van der Waals surface area (Å²) in [5.74, 6) is 0.275. The fraction of sp³-hybridized carbons (Fsp3) is 0.261. The Morgan fingerprint density at radius 3 is 2.67 bits per heavy atom. The van der Waals surface area contributed by atoms with Crippen molar-refractivity contribution in [3.05, 3.63) is 71.9 Å². The van der Waals surface area contributed by atoms with Gasteiger partial charge in [-0.1, -0.05) is 42.0 Å². The van der Waals surface area contributed by atoms with E-state index in [0.29, 0.717) is 30.1 Å². The van der Waals surface area contributed by atoms with E-state index in [4.69, 9.17) is 9.84 Å². The lowest BCUT2D eigenvalue weighted by atomic mass is 10.0. The molecule has 2 heterocycles. The van der Waals surface area contributed by atoms with Gasteiger partial charge in [0.2, 0.25) is 0 Å². The molecule has 6 nitrogen and oxygen atoms in total. The summed E-state index contributed by atoms with van der Waals surface area (Å²) in [5.41, 5.74) is 4.04. The first-order chi connectivity index (χ1) is 14.6. The number of benzene rings is 2. The second-order valence-corrected chi connectivity index (χ2v) is 8.49. The van der Waals surface area contributed by atoms with E-state index in [9.17, 15) is 9.59 Å². The van der Waals surface area contributed by atoms with E-state index in [1.807, 2.05) is 61.5 Å². The first kappa shape index (κ1) is 20.2. The monoisotopic (exact) mass is 421 g/mol. The van der Waals surface area contributed by atoms with Crippen LogP contribution in [0.3, 0.4) is 0 Å². The number of carbonyl (C=O) groups excluding carboxylic acids is 2. The van der Waals surface area contributed by atoms with Gasteiger partial charge >= 0.3 is 5.97 Å². The molecule has 0 unspecified atom stereocenters. The van der Waals surface area contributed by atoms with E-state index in [-0.39, 0.29) is 17.1 Å². The number of hydrogen-bond acceptors (Lipinski definition) is 5. The van der Waals surface area contributed by atoms with Crippen LogP contribution in [0.4, 0.5) is 0 Å². The summed E-state index contributed by atoms with van der Waals surface area (Å²) >= 11 is 1.53. The summed E-state index contributed by atoms with van der Waals surface area (Å²) < 4.78 is 6.61. The molecule has 1 aliphatic heterocycles. The van der Waals surface area contributed by atoms with Crippen LogP contribution >= 0.6 is 11.8 Å². The Bertz CT molecular complexity index is 1060. The fourth-order valence-corrected chi connectivity index (χ4v) is 4.66. The Kier molecular flexibility index (Phi) is 5.90. The lowest BCUT2D eigenvalue weighted by molar-refractivity contribution is -0.140. The Morgan fingerprint density at radius 1 is 1.13 bits per heavy atom. The lowest BCUT2D eigenvalue weighted by Gasteiger charge is -2.30. The summed E-state index contributed by atoms with van der Waals surface area (Å²) in [6.45, 7) is 2.93. The van der Waals surface area contributed by atoms with Crippen molar-refractivity contribution in [2.75, 3.05) is 26.0 Å². The number of hydrogen-bond donors (Lipinski definition) is 0. The molecule has 1 aliphatic rings. The van der Waals surface area contributed by atoms with Crippen LogP contribution in [0.2, 0.25) is 0 Å². The van der Waals surface area contributed by atoms with Crippen LogP contribution in [0.25, 0.3) is 16.9 Å². The summed E-state index contributed by atoms with van der Waals surface area (Å²) in [6.07, 6.45) is 1.78. The number of aromatic nitrogens is 2. The Morgan fingerprint density at radius 2 is 1.93 bits per heavy atom.